The van der Waals surface area contributed by atoms with Gasteiger partial charge >= 0.3 is 0 Å². The normalized spacial score (nSPS) is 10.1. The van der Waals surface area contributed by atoms with Crippen molar-refractivity contribution < 1.29 is 4.39 Å². The van der Waals surface area contributed by atoms with Crippen LogP contribution in [0.15, 0.2) is 42.6 Å². The number of benzene rings is 1. The molecule has 0 atom stereocenters. The van der Waals surface area contributed by atoms with Gasteiger partial charge in [0.25, 0.3) is 0 Å². The summed E-state index contributed by atoms with van der Waals surface area (Å²) in [5, 5.41) is 0. The van der Waals surface area contributed by atoms with Gasteiger partial charge in [0.15, 0.2) is 0 Å². The van der Waals surface area contributed by atoms with Crippen LogP contribution in [0.1, 0.15) is 5.56 Å². The topological polar surface area (TPSA) is 12.9 Å². The van der Waals surface area contributed by atoms with Crippen LogP contribution in [0.4, 0.5) is 4.39 Å². The molecule has 14 heavy (non-hydrogen) atoms. The zero-order valence-electron chi connectivity index (χ0n) is 7.57. The minimum absolute atomic E-state index is 0.316. The highest BCUT2D eigenvalue weighted by molar-refractivity contribution is 5.64. The van der Waals surface area contributed by atoms with Crippen molar-refractivity contribution >= 4 is 0 Å². The molecular formula is C12H9FN. The quantitative estimate of drug-likeness (QED) is 0.667. The fourth-order valence-electron chi connectivity index (χ4n) is 1.34. The van der Waals surface area contributed by atoms with Gasteiger partial charge in [-0.15, -0.1) is 0 Å². The first-order valence-electron chi connectivity index (χ1n) is 4.31. The minimum Gasteiger partial charge on any atom is -0.253 e. The number of rotatable bonds is 1. The summed E-state index contributed by atoms with van der Waals surface area (Å²) in [4.78, 5) is 3.99. The molecule has 0 spiro atoms. The average molecular weight is 186 g/mol. The van der Waals surface area contributed by atoms with E-state index in [0.717, 1.165) is 11.1 Å². The highest BCUT2D eigenvalue weighted by Gasteiger charge is 2.06. The molecule has 0 saturated carbocycles. The Hall–Kier alpha value is -1.70. The van der Waals surface area contributed by atoms with Crippen LogP contribution in [0.5, 0.6) is 0 Å². The van der Waals surface area contributed by atoms with Crippen LogP contribution < -0.4 is 0 Å². The van der Waals surface area contributed by atoms with Gasteiger partial charge in [-0.2, -0.15) is 0 Å². The summed E-state index contributed by atoms with van der Waals surface area (Å²) in [5.41, 5.74) is 1.88. The molecule has 2 aromatic rings. The first-order valence-corrected chi connectivity index (χ1v) is 4.31. The first kappa shape index (κ1) is 8.88. The number of hydrogen-bond acceptors (Lipinski definition) is 1. The molecule has 1 heterocycles. The maximum absolute atomic E-state index is 13.4. The Morgan fingerprint density at radius 2 is 1.86 bits per heavy atom. The molecule has 2 heteroatoms. The maximum Gasteiger partial charge on any atom is 0.149 e. The summed E-state index contributed by atoms with van der Waals surface area (Å²) < 4.78 is 13.4. The molecule has 0 amide bonds. The molecule has 0 aliphatic heterocycles. The van der Waals surface area contributed by atoms with Gasteiger partial charge in [0.05, 0.1) is 0 Å². The fourth-order valence-corrected chi connectivity index (χ4v) is 1.34. The van der Waals surface area contributed by atoms with Crippen LogP contribution in [0.25, 0.3) is 11.3 Å². The second-order valence-corrected chi connectivity index (χ2v) is 2.99. The molecule has 0 N–H and O–H groups in total. The summed E-state index contributed by atoms with van der Waals surface area (Å²) in [5.74, 6) is -0.316. The number of halogens is 1. The van der Waals surface area contributed by atoms with E-state index in [1.807, 2.05) is 24.3 Å². The van der Waals surface area contributed by atoms with Gasteiger partial charge < -0.3 is 0 Å². The van der Waals surface area contributed by atoms with E-state index < -0.39 is 0 Å². The molecule has 0 fully saturated rings. The standard InChI is InChI=1S/C12H9FN/c1-9-5-2-3-6-10(9)12-11(13)7-4-8-14-12/h2-8H,1H2. The zero-order chi connectivity index (χ0) is 9.97. The summed E-state index contributed by atoms with van der Waals surface area (Å²) in [6.07, 6.45) is 1.57. The van der Waals surface area contributed by atoms with E-state index in [2.05, 4.69) is 11.9 Å². The highest BCUT2D eigenvalue weighted by Crippen LogP contribution is 2.22. The highest BCUT2D eigenvalue weighted by atomic mass is 19.1. The first-order chi connectivity index (χ1) is 6.79. The third-order valence-electron chi connectivity index (χ3n) is 2.03. The maximum atomic E-state index is 13.4. The van der Waals surface area contributed by atoms with Gasteiger partial charge in [-0.25, -0.2) is 4.39 Å². The van der Waals surface area contributed by atoms with Crippen molar-refractivity contribution in [2.45, 2.75) is 0 Å². The second kappa shape index (κ2) is 3.58. The molecule has 1 nitrogen and oxygen atoms in total. The van der Waals surface area contributed by atoms with Crippen molar-refractivity contribution in [3.63, 3.8) is 0 Å². The Morgan fingerprint density at radius 3 is 2.57 bits per heavy atom. The SMILES string of the molecule is [CH2]c1ccccc1-c1ncccc1F. The van der Waals surface area contributed by atoms with Crippen LogP contribution in [0.2, 0.25) is 0 Å². The van der Waals surface area contributed by atoms with Crippen molar-refractivity contribution in [3.8, 4) is 11.3 Å². The fraction of sp³-hybridized carbons (Fsp3) is 0. The molecule has 69 valence electrons. The van der Waals surface area contributed by atoms with Crippen LogP contribution in [0, 0.1) is 12.7 Å². The molecule has 0 saturated heterocycles. The lowest BCUT2D eigenvalue weighted by Crippen LogP contribution is -1.90. The minimum atomic E-state index is -0.316. The van der Waals surface area contributed by atoms with E-state index in [4.69, 9.17) is 0 Å². The van der Waals surface area contributed by atoms with E-state index in [0.29, 0.717) is 5.69 Å². The molecule has 1 aromatic carbocycles. The monoisotopic (exact) mass is 186 g/mol. The van der Waals surface area contributed by atoms with Gasteiger partial charge in [0, 0.05) is 11.8 Å². The number of aromatic nitrogens is 1. The van der Waals surface area contributed by atoms with E-state index in [1.165, 1.54) is 6.07 Å². The van der Waals surface area contributed by atoms with Crippen molar-refractivity contribution in [2.24, 2.45) is 0 Å². The van der Waals surface area contributed by atoms with Gasteiger partial charge in [-0.05, 0) is 24.6 Å². The smallest absolute Gasteiger partial charge is 0.149 e. The molecule has 1 radical (unpaired) electrons. The van der Waals surface area contributed by atoms with Crippen molar-refractivity contribution in [1.29, 1.82) is 0 Å². The second-order valence-electron chi connectivity index (χ2n) is 2.99. The Balaban J connectivity index is 2.61. The summed E-state index contributed by atoms with van der Waals surface area (Å²) in [6, 6.07) is 10.3. The lowest BCUT2D eigenvalue weighted by Gasteiger charge is -2.04. The van der Waals surface area contributed by atoms with E-state index in [-0.39, 0.29) is 5.82 Å². The molecular weight excluding hydrogens is 177 g/mol. The van der Waals surface area contributed by atoms with Crippen LogP contribution in [0.3, 0.4) is 0 Å². The third kappa shape index (κ3) is 1.51. The van der Waals surface area contributed by atoms with Gasteiger partial charge in [-0.1, -0.05) is 24.3 Å². The summed E-state index contributed by atoms with van der Waals surface area (Å²) in [6.45, 7) is 3.83. The number of pyridine rings is 1. The summed E-state index contributed by atoms with van der Waals surface area (Å²) in [7, 11) is 0. The molecule has 0 bridgehead atoms. The Bertz CT molecular complexity index is 408. The third-order valence-corrected chi connectivity index (χ3v) is 2.03. The largest absolute Gasteiger partial charge is 0.253 e. The average Bonchev–Trinajstić information content (AvgIpc) is 2.20. The van der Waals surface area contributed by atoms with Crippen LogP contribution in [-0.4, -0.2) is 4.98 Å². The molecule has 2 rings (SSSR count). The van der Waals surface area contributed by atoms with E-state index in [1.54, 1.807) is 12.3 Å². The lowest BCUT2D eigenvalue weighted by atomic mass is 10.1. The Morgan fingerprint density at radius 1 is 1.07 bits per heavy atom. The molecule has 1 aromatic heterocycles. The zero-order valence-corrected chi connectivity index (χ0v) is 7.57. The Labute approximate surface area is 82.2 Å². The molecule has 0 unspecified atom stereocenters. The summed E-state index contributed by atoms with van der Waals surface area (Å²) >= 11 is 0. The number of hydrogen-bond donors (Lipinski definition) is 0. The predicted molar refractivity (Wildman–Crippen MR) is 54.1 cm³/mol. The molecule has 0 aliphatic rings. The van der Waals surface area contributed by atoms with Gasteiger partial charge in [-0.3, -0.25) is 4.98 Å². The van der Waals surface area contributed by atoms with Gasteiger partial charge in [0.2, 0.25) is 0 Å². The molecule has 0 aliphatic carbocycles. The van der Waals surface area contributed by atoms with Crippen LogP contribution in [-0.2, 0) is 0 Å². The lowest BCUT2D eigenvalue weighted by molar-refractivity contribution is 0.625. The van der Waals surface area contributed by atoms with Crippen molar-refractivity contribution in [1.82, 2.24) is 4.98 Å². The van der Waals surface area contributed by atoms with Crippen molar-refractivity contribution in [2.75, 3.05) is 0 Å². The van der Waals surface area contributed by atoms with Crippen LogP contribution >= 0.6 is 0 Å². The van der Waals surface area contributed by atoms with Crippen molar-refractivity contribution in [3.05, 3.63) is 60.9 Å². The Kier molecular flexibility index (Phi) is 2.27. The van der Waals surface area contributed by atoms with E-state index in [9.17, 15) is 4.39 Å². The predicted octanol–water partition coefficient (Wildman–Crippen LogP) is 3.07. The van der Waals surface area contributed by atoms with E-state index >= 15 is 0 Å². The number of nitrogens with zero attached hydrogens (tertiary/aromatic N) is 1. The van der Waals surface area contributed by atoms with Gasteiger partial charge in [0.1, 0.15) is 11.5 Å².